The molecule has 1 aliphatic heterocycles. The molecule has 1 heterocycles. The van der Waals surface area contributed by atoms with Gasteiger partial charge < -0.3 is 10.6 Å². The Balaban J connectivity index is 1.67. The van der Waals surface area contributed by atoms with Gasteiger partial charge in [0.1, 0.15) is 0 Å². The van der Waals surface area contributed by atoms with Crippen LogP contribution in [0.5, 0.6) is 0 Å². The predicted molar refractivity (Wildman–Crippen MR) is 107 cm³/mol. The van der Waals surface area contributed by atoms with Gasteiger partial charge in [-0.05, 0) is 55.3 Å². The standard InChI is InChI=1S/C19H20N2O4S2/c1-12-7-13(2)9-14(8-12)20-18(22)5-6-27(24,25)15-3-4-17-16(10-15)21-19(23)11-26-17/h3-4,7-10H,5-6,11H2,1-2H3,(H,20,22)(H,21,23). The van der Waals surface area contributed by atoms with Gasteiger partial charge in [-0.15, -0.1) is 11.8 Å². The molecule has 0 saturated carbocycles. The van der Waals surface area contributed by atoms with E-state index in [1.54, 1.807) is 6.07 Å². The van der Waals surface area contributed by atoms with Gasteiger partial charge in [-0.1, -0.05) is 6.07 Å². The second-order valence-corrected chi connectivity index (χ2v) is 9.61. The highest BCUT2D eigenvalue weighted by atomic mass is 32.2. The van der Waals surface area contributed by atoms with Crippen LogP contribution in [0.15, 0.2) is 46.2 Å². The molecule has 0 bridgehead atoms. The Hall–Kier alpha value is -2.32. The van der Waals surface area contributed by atoms with E-state index in [4.69, 9.17) is 0 Å². The molecule has 1 aliphatic rings. The fourth-order valence-electron chi connectivity index (χ4n) is 2.87. The molecule has 0 aliphatic carbocycles. The Morgan fingerprint density at radius 1 is 1.15 bits per heavy atom. The minimum atomic E-state index is -3.64. The van der Waals surface area contributed by atoms with Crippen LogP contribution >= 0.6 is 11.8 Å². The molecule has 8 heteroatoms. The lowest BCUT2D eigenvalue weighted by molar-refractivity contribution is -0.116. The third-order valence-electron chi connectivity index (χ3n) is 4.05. The number of sulfone groups is 1. The summed E-state index contributed by atoms with van der Waals surface area (Å²) in [5.41, 5.74) is 3.19. The first-order valence-corrected chi connectivity index (χ1v) is 11.0. The number of amides is 2. The summed E-state index contributed by atoms with van der Waals surface area (Å²) in [6, 6.07) is 10.3. The van der Waals surface area contributed by atoms with Crippen LogP contribution in [0.25, 0.3) is 0 Å². The summed E-state index contributed by atoms with van der Waals surface area (Å²) >= 11 is 1.37. The second-order valence-electron chi connectivity index (χ2n) is 6.49. The zero-order valence-electron chi connectivity index (χ0n) is 15.0. The Morgan fingerprint density at radius 3 is 2.56 bits per heavy atom. The van der Waals surface area contributed by atoms with E-state index in [-0.39, 0.29) is 28.9 Å². The number of carbonyl (C=O) groups excluding carboxylic acids is 2. The summed E-state index contributed by atoms with van der Waals surface area (Å²) in [5, 5.41) is 5.42. The molecule has 2 amide bonds. The highest BCUT2D eigenvalue weighted by Gasteiger charge is 2.21. The summed E-state index contributed by atoms with van der Waals surface area (Å²) in [4.78, 5) is 24.6. The molecular weight excluding hydrogens is 384 g/mol. The minimum absolute atomic E-state index is 0.100. The number of carbonyl (C=O) groups is 2. The van der Waals surface area contributed by atoms with Crippen LogP contribution in [0.4, 0.5) is 11.4 Å². The summed E-state index contributed by atoms with van der Waals surface area (Å²) in [5.74, 6) is -0.499. The molecule has 0 fully saturated rings. The van der Waals surface area contributed by atoms with E-state index >= 15 is 0 Å². The number of aryl methyl sites for hydroxylation is 2. The molecule has 0 atom stereocenters. The van der Waals surface area contributed by atoms with Crippen molar-refractivity contribution in [3.63, 3.8) is 0 Å². The maximum Gasteiger partial charge on any atom is 0.234 e. The van der Waals surface area contributed by atoms with Crippen LogP contribution in [0, 0.1) is 13.8 Å². The third kappa shape index (κ3) is 4.90. The fraction of sp³-hybridized carbons (Fsp3) is 0.263. The predicted octanol–water partition coefficient (Wildman–Crippen LogP) is 3.15. The summed E-state index contributed by atoms with van der Waals surface area (Å²) in [6.07, 6.45) is -0.145. The zero-order chi connectivity index (χ0) is 19.6. The first-order chi connectivity index (χ1) is 12.7. The van der Waals surface area contributed by atoms with Gasteiger partial charge in [0.15, 0.2) is 9.84 Å². The lowest BCUT2D eigenvalue weighted by atomic mass is 10.1. The molecule has 0 aromatic heterocycles. The van der Waals surface area contributed by atoms with Crippen LogP contribution in [0.2, 0.25) is 0 Å². The molecule has 2 N–H and O–H groups in total. The highest BCUT2D eigenvalue weighted by Crippen LogP contribution is 2.33. The number of hydrogen-bond acceptors (Lipinski definition) is 5. The SMILES string of the molecule is Cc1cc(C)cc(NC(=O)CCS(=O)(=O)c2ccc3c(c2)NC(=O)CS3)c1. The van der Waals surface area contributed by atoms with Gasteiger partial charge in [0.05, 0.1) is 22.1 Å². The molecule has 0 unspecified atom stereocenters. The van der Waals surface area contributed by atoms with Crippen molar-refractivity contribution in [3.05, 3.63) is 47.5 Å². The zero-order valence-corrected chi connectivity index (χ0v) is 16.7. The van der Waals surface area contributed by atoms with E-state index in [0.717, 1.165) is 16.0 Å². The van der Waals surface area contributed by atoms with Crippen LogP contribution in [0.1, 0.15) is 17.5 Å². The lowest BCUT2D eigenvalue weighted by Crippen LogP contribution is -2.20. The average Bonchev–Trinajstić information content (AvgIpc) is 2.58. The minimum Gasteiger partial charge on any atom is -0.326 e. The van der Waals surface area contributed by atoms with E-state index in [1.807, 2.05) is 32.0 Å². The number of rotatable bonds is 5. The number of fused-ring (bicyclic) bond motifs is 1. The fourth-order valence-corrected chi connectivity index (χ4v) is 4.92. The summed E-state index contributed by atoms with van der Waals surface area (Å²) in [7, 11) is -3.64. The average molecular weight is 405 g/mol. The van der Waals surface area contributed by atoms with Crippen molar-refractivity contribution in [2.24, 2.45) is 0 Å². The molecule has 142 valence electrons. The number of anilines is 2. The number of benzene rings is 2. The quantitative estimate of drug-likeness (QED) is 0.799. The molecule has 0 saturated heterocycles. The maximum absolute atomic E-state index is 12.6. The Bertz CT molecular complexity index is 996. The van der Waals surface area contributed by atoms with Crippen molar-refractivity contribution in [1.82, 2.24) is 0 Å². The number of nitrogens with one attached hydrogen (secondary N) is 2. The van der Waals surface area contributed by atoms with E-state index < -0.39 is 9.84 Å². The molecule has 3 rings (SSSR count). The monoisotopic (exact) mass is 404 g/mol. The van der Waals surface area contributed by atoms with E-state index in [2.05, 4.69) is 10.6 Å². The summed E-state index contributed by atoms with van der Waals surface area (Å²) < 4.78 is 25.1. The number of thioether (sulfide) groups is 1. The van der Waals surface area contributed by atoms with Crippen LogP contribution in [0.3, 0.4) is 0 Å². The van der Waals surface area contributed by atoms with Crippen molar-refractivity contribution in [3.8, 4) is 0 Å². The molecule has 0 spiro atoms. The Kier molecular flexibility index (Phi) is 5.57. The van der Waals surface area contributed by atoms with Crippen molar-refractivity contribution in [2.75, 3.05) is 22.1 Å². The normalized spacial score (nSPS) is 13.6. The van der Waals surface area contributed by atoms with Gasteiger partial charge in [-0.25, -0.2) is 8.42 Å². The molecule has 2 aromatic carbocycles. The first-order valence-electron chi connectivity index (χ1n) is 8.40. The first kappa shape index (κ1) is 19.4. The number of hydrogen-bond donors (Lipinski definition) is 2. The lowest BCUT2D eigenvalue weighted by Gasteiger charge is -2.17. The van der Waals surface area contributed by atoms with E-state index in [0.29, 0.717) is 17.1 Å². The highest BCUT2D eigenvalue weighted by molar-refractivity contribution is 8.00. The van der Waals surface area contributed by atoms with Gasteiger partial charge in [0.2, 0.25) is 11.8 Å². The topological polar surface area (TPSA) is 92.3 Å². The molecule has 0 radical (unpaired) electrons. The van der Waals surface area contributed by atoms with Crippen molar-refractivity contribution in [2.45, 2.75) is 30.1 Å². The van der Waals surface area contributed by atoms with Crippen LogP contribution < -0.4 is 10.6 Å². The molecule has 2 aromatic rings. The van der Waals surface area contributed by atoms with Gasteiger partial charge >= 0.3 is 0 Å². The van der Waals surface area contributed by atoms with Crippen molar-refractivity contribution in [1.29, 1.82) is 0 Å². The van der Waals surface area contributed by atoms with Crippen molar-refractivity contribution < 1.29 is 18.0 Å². The van der Waals surface area contributed by atoms with Crippen LogP contribution in [-0.2, 0) is 19.4 Å². The third-order valence-corrected chi connectivity index (χ3v) is 6.83. The largest absolute Gasteiger partial charge is 0.326 e. The van der Waals surface area contributed by atoms with Gasteiger partial charge in [0, 0.05) is 17.0 Å². The van der Waals surface area contributed by atoms with Gasteiger partial charge in [0.25, 0.3) is 0 Å². The summed E-state index contributed by atoms with van der Waals surface area (Å²) in [6.45, 7) is 3.86. The Morgan fingerprint density at radius 2 is 1.85 bits per heavy atom. The van der Waals surface area contributed by atoms with Crippen molar-refractivity contribution >= 4 is 44.8 Å². The smallest absolute Gasteiger partial charge is 0.234 e. The van der Waals surface area contributed by atoms with Crippen LogP contribution in [-0.4, -0.2) is 31.7 Å². The molecular formula is C19H20N2O4S2. The molecule has 27 heavy (non-hydrogen) atoms. The van der Waals surface area contributed by atoms with Gasteiger partial charge in [-0.3, -0.25) is 9.59 Å². The van der Waals surface area contributed by atoms with E-state index in [1.165, 1.54) is 23.9 Å². The molecule has 6 nitrogen and oxygen atoms in total. The Labute approximate surface area is 162 Å². The van der Waals surface area contributed by atoms with Gasteiger partial charge in [-0.2, -0.15) is 0 Å². The van der Waals surface area contributed by atoms with E-state index in [9.17, 15) is 18.0 Å². The maximum atomic E-state index is 12.6. The second kappa shape index (κ2) is 7.74.